The van der Waals surface area contributed by atoms with Gasteiger partial charge in [-0.2, -0.15) is 0 Å². The molecule has 2 aromatic carbocycles. The second-order valence-electron chi connectivity index (χ2n) is 4.69. The first-order valence-electron chi connectivity index (χ1n) is 6.38. The summed E-state index contributed by atoms with van der Waals surface area (Å²) >= 11 is 6.14. The van der Waals surface area contributed by atoms with Crippen LogP contribution in [-0.2, 0) is 6.61 Å². The minimum atomic E-state index is -0.436. The fourth-order valence-corrected chi connectivity index (χ4v) is 2.04. The van der Waals surface area contributed by atoms with E-state index in [0.717, 1.165) is 11.1 Å². The Bertz CT molecular complexity index is 642. The first kappa shape index (κ1) is 15.3. The van der Waals surface area contributed by atoms with Gasteiger partial charge in [-0.05, 0) is 42.3 Å². The second-order valence-corrected chi connectivity index (χ2v) is 5.10. The predicted octanol–water partition coefficient (Wildman–Crippen LogP) is 3.85. The van der Waals surface area contributed by atoms with Gasteiger partial charge in [0.15, 0.2) is 0 Å². The van der Waals surface area contributed by atoms with Gasteiger partial charge >= 0.3 is 0 Å². The third kappa shape index (κ3) is 3.93. The summed E-state index contributed by atoms with van der Waals surface area (Å²) in [6, 6.07) is 11.5. The van der Waals surface area contributed by atoms with Crippen LogP contribution in [0.15, 0.2) is 42.5 Å². The summed E-state index contributed by atoms with van der Waals surface area (Å²) < 4.78 is 5.62. The summed E-state index contributed by atoms with van der Waals surface area (Å²) in [6.45, 7) is 2.16. The van der Waals surface area contributed by atoms with E-state index in [0.29, 0.717) is 10.8 Å². The molecular formula is C15H15ClN2O3. The molecule has 0 heterocycles. The Balaban J connectivity index is 2.04. The molecule has 21 heavy (non-hydrogen) atoms. The van der Waals surface area contributed by atoms with E-state index in [1.807, 2.05) is 13.0 Å². The van der Waals surface area contributed by atoms with Gasteiger partial charge in [0.25, 0.3) is 5.69 Å². The van der Waals surface area contributed by atoms with Crippen molar-refractivity contribution in [1.82, 2.24) is 0 Å². The molecule has 1 atom stereocenters. The van der Waals surface area contributed by atoms with Gasteiger partial charge in [0.05, 0.1) is 9.95 Å². The summed E-state index contributed by atoms with van der Waals surface area (Å²) in [7, 11) is 0. The normalized spacial score (nSPS) is 12.0. The van der Waals surface area contributed by atoms with E-state index in [1.165, 1.54) is 12.1 Å². The molecule has 0 bridgehead atoms. The molecule has 0 saturated heterocycles. The highest BCUT2D eigenvalue weighted by atomic mass is 35.5. The zero-order valence-electron chi connectivity index (χ0n) is 11.5. The molecule has 2 rings (SSSR count). The Morgan fingerprint density at radius 3 is 2.48 bits per heavy atom. The average Bonchev–Trinajstić information content (AvgIpc) is 2.46. The van der Waals surface area contributed by atoms with Crippen LogP contribution in [0.25, 0.3) is 0 Å². The van der Waals surface area contributed by atoms with Gasteiger partial charge in [-0.15, -0.1) is 0 Å². The topological polar surface area (TPSA) is 78.4 Å². The maximum Gasteiger partial charge on any atom is 0.269 e. The number of benzene rings is 2. The molecule has 0 aliphatic carbocycles. The Labute approximate surface area is 127 Å². The Hall–Kier alpha value is -2.11. The van der Waals surface area contributed by atoms with Crippen molar-refractivity contribution in [2.45, 2.75) is 19.6 Å². The smallest absolute Gasteiger partial charge is 0.269 e. The zero-order valence-corrected chi connectivity index (χ0v) is 12.2. The van der Waals surface area contributed by atoms with Crippen LogP contribution in [0.2, 0.25) is 5.02 Å². The summed E-state index contributed by atoms with van der Waals surface area (Å²) in [6.07, 6.45) is 0. The summed E-state index contributed by atoms with van der Waals surface area (Å²) in [5.74, 6) is 0.555. The lowest BCUT2D eigenvalue weighted by molar-refractivity contribution is -0.384. The summed E-state index contributed by atoms with van der Waals surface area (Å²) in [5, 5.41) is 11.1. The van der Waals surface area contributed by atoms with E-state index in [1.54, 1.807) is 24.3 Å². The van der Waals surface area contributed by atoms with Crippen molar-refractivity contribution in [1.29, 1.82) is 0 Å². The highest BCUT2D eigenvalue weighted by Gasteiger charge is 2.07. The highest BCUT2D eigenvalue weighted by Crippen LogP contribution is 2.28. The van der Waals surface area contributed by atoms with E-state index in [9.17, 15) is 10.1 Å². The maximum atomic E-state index is 10.6. The number of halogens is 1. The van der Waals surface area contributed by atoms with Gasteiger partial charge in [0, 0.05) is 18.2 Å². The van der Waals surface area contributed by atoms with Crippen LogP contribution in [0.3, 0.4) is 0 Å². The number of nitro groups is 1. The van der Waals surface area contributed by atoms with E-state index >= 15 is 0 Å². The van der Waals surface area contributed by atoms with Crippen LogP contribution >= 0.6 is 11.6 Å². The standard InChI is InChI=1S/C15H15ClN2O3/c1-10(17)12-4-7-15(14(16)8-12)21-9-11-2-5-13(6-3-11)18(19)20/h2-8,10H,9,17H2,1H3. The lowest BCUT2D eigenvalue weighted by atomic mass is 10.1. The van der Waals surface area contributed by atoms with Gasteiger partial charge < -0.3 is 10.5 Å². The van der Waals surface area contributed by atoms with Crippen molar-refractivity contribution < 1.29 is 9.66 Å². The first-order valence-corrected chi connectivity index (χ1v) is 6.76. The molecule has 0 aliphatic rings. The molecular weight excluding hydrogens is 292 g/mol. The van der Waals surface area contributed by atoms with E-state index in [2.05, 4.69) is 0 Å². The number of non-ortho nitro benzene ring substituents is 1. The molecule has 2 N–H and O–H groups in total. The van der Waals surface area contributed by atoms with Gasteiger partial charge in [-0.3, -0.25) is 10.1 Å². The molecule has 0 aromatic heterocycles. The largest absolute Gasteiger partial charge is 0.487 e. The van der Waals surface area contributed by atoms with Crippen LogP contribution < -0.4 is 10.5 Å². The number of hydrogen-bond donors (Lipinski definition) is 1. The number of nitrogens with two attached hydrogens (primary N) is 1. The van der Waals surface area contributed by atoms with Crippen molar-refractivity contribution in [2.24, 2.45) is 5.73 Å². The number of hydrogen-bond acceptors (Lipinski definition) is 4. The minimum Gasteiger partial charge on any atom is -0.487 e. The van der Waals surface area contributed by atoms with Crippen LogP contribution in [0, 0.1) is 10.1 Å². The van der Waals surface area contributed by atoms with Gasteiger partial charge in [0.2, 0.25) is 0 Å². The van der Waals surface area contributed by atoms with E-state index < -0.39 is 4.92 Å². The molecule has 0 fully saturated rings. The molecule has 0 radical (unpaired) electrons. The molecule has 6 heteroatoms. The molecule has 0 saturated carbocycles. The lowest BCUT2D eigenvalue weighted by Crippen LogP contribution is -2.05. The van der Waals surface area contributed by atoms with E-state index in [-0.39, 0.29) is 18.3 Å². The first-order chi connectivity index (χ1) is 9.97. The lowest BCUT2D eigenvalue weighted by Gasteiger charge is -2.11. The highest BCUT2D eigenvalue weighted by molar-refractivity contribution is 6.32. The van der Waals surface area contributed by atoms with Gasteiger partial charge in [-0.25, -0.2) is 0 Å². The number of ether oxygens (including phenoxy) is 1. The minimum absolute atomic E-state index is 0.0538. The van der Waals surface area contributed by atoms with Crippen LogP contribution in [0.1, 0.15) is 24.1 Å². The SMILES string of the molecule is CC(N)c1ccc(OCc2ccc([N+](=O)[O-])cc2)c(Cl)c1. The summed E-state index contributed by atoms with van der Waals surface area (Å²) in [5.41, 5.74) is 7.60. The van der Waals surface area contributed by atoms with Gasteiger partial charge in [0.1, 0.15) is 12.4 Å². The molecule has 0 aliphatic heterocycles. The molecule has 110 valence electrons. The Kier molecular flexibility index (Phi) is 4.77. The van der Waals surface area contributed by atoms with Crippen LogP contribution in [0.5, 0.6) is 5.75 Å². The van der Waals surface area contributed by atoms with Crippen molar-refractivity contribution in [3.05, 3.63) is 68.7 Å². The predicted molar refractivity (Wildman–Crippen MR) is 81.5 cm³/mol. The third-order valence-electron chi connectivity index (χ3n) is 3.02. The number of nitro benzene ring substituents is 1. The van der Waals surface area contributed by atoms with Gasteiger partial charge in [-0.1, -0.05) is 17.7 Å². The maximum absolute atomic E-state index is 10.6. The number of rotatable bonds is 5. The van der Waals surface area contributed by atoms with E-state index in [4.69, 9.17) is 22.1 Å². The average molecular weight is 307 g/mol. The zero-order chi connectivity index (χ0) is 15.4. The molecule has 0 spiro atoms. The second kappa shape index (κ2) is 6.56. The molecule has 2 aromatic rings. The van der Waals surface area contributed by atoms with Crippen LogP contribution in [0.4, 0.5) is 5.69 Å². The molecule has 5 nitrogen and oxygen atoms in total. The monoisotopic (exact) mass is 306 g/mol. The summed E-state index contributed by atoms with van der Waals surface area (Å²) in [4.78, 5) is 10.1. The van der Waals surface area contributed by atoms with Crippen LogP contribution in [-0.4, -0.2) is 4.92 Å². The Morgan fingerprint density at radius 1 is 1.29 bits per heavy atom. The fraction of sp³-hybridized carbons (Fsp3) is 0.200. The fourth-order valence-electron chi connectivity index (χ4n) is 1.79. The Morgan fingerprint density at radius 2 is 1.95 bits per heavy atom. The van der Waals surface area contributed by atoms with Crippen molar-refractivity contribution in [3.8, 4) is 5.75 Å². The third-order valence-corrected chi connectivity index (χ3v) is 3.32. The van der Waals surface area contributed by atoms with Crippen molar-refractivity contribution in [2.75, 3.05) is 0 Å². The molecule has 1 unspecified atom stereocenters. The quantitative estimate of drug-likeness (QED) is 0.672. The van der Waals surface area contributed by atoms with Crippen molar-refractivity contribution in [3.63, 3.8) is 0 Å². The number of nitrogens with zero attached hydrogens (tertiary/aromatic N) is 1. The molecule has 0 amide bonds. The van der Waals surface area contributed by atoms with Crippen molar-refractivity contribution >= 4 is 17.3 Å².